The van der Waals surface area contributed by atoms with Gasteiger partial charge in [0.15, 0.2) is 0 Å². The van der Waals surface area contributed by atoms with E-state index in [9.17, 15) is 18.0 Å². The predicted molar refractivity (Wildman–Crippen MR) is 145 cm³/mol. The van der Waals surface area contributed by atoms with Crippen LogP contribution in [0.15, 0.2) is 78.0 Å². The molecule has 2 amide bonds. The number of ether oxygens (including phenoxy) is 1. The third-order valence-corrected chi connectivity index (χ3v) is 7.63. The molecule has 0 unspecified atom stereocenters. The van der Waals surface area contributed by atoms with Gasteiger partial charge >= 0.3 is 0 Å². The lowest BCUT2D eigenvalue weighted by atomic mass is 10.1. The van der Waals surface area contributed by atoms with Crippen LogP contribution < -0.4 is 14.8 Å². The van der Waals surface area contributed by atoms with Crippen molar-refractivity contribution in [3.05, 3.63) is 89.7 Å². The summed E-state index contributed by atoms with van der Waals surface area (Å²) in [4.78, 5) is 32.2. The number of amides is 2. The molecule has 0 saturated carbocycles. The van der Waals surface area contributed by atoms with E-state index >= 15 is 0 Å². The van der Waals surface area contributed by atoms with Gasteiger partial charge in [-0.3, -0.25) is 14.6 Å². The SMILES string of the molecule is CCNS(=O)(=O)c1ccc(CCC(=O)N(Cc2ccc(OC)cc2)[C@H](C)C(=O)NCc2cccnc2)cc1. The summed E-state index contributed by atoms with van der Waals surface area (Å²) in [5.41, 5.74) is 2.55. The quantitative estimate of drug-likeness (QED) is 0.345. The molecule has 10 heteroatoms. The Kier molecular flexibility index (Phi) is 10.4. The number of sulfonamides is 1. The molecule has 202 valence electrons. The predicted octanol–water partition coefficient (Wildman–Crippen LogP) is 3.05. The molecule has 3 rings (SSSR count). The number of carbonyl (C=O) groups is 2. The minimum absolute atomic E-state index is 0.162. The Morgan fingerprint density at radius 2 is 1.68 bits per heavy atom. The largest absolute Gasteiger partial charge is 0.497 e. The molecule has 0 bridgehead atoms. The first-order chi connectivity index (χ1) is 18.2. The van der Waals surface area contributed by atoms with E-state index in [1.165, 1.54) is 12.1 Å². The van der Waals surface area contributed by atoms with Crippen LogP contribution in [-0.4, -0.2) is 49.8 Å². The summed E-state index contributed by atoms with van der Waals surface area (Å²) in [5, 5.41) is 2.89. The Bertz CT molecular complexity index is 1300. The number of hydrogen-bond donors (Lipinski definition) is 2. The van der Waals surface area contributed by atoms with Gasteiger partial charge in [0, 0.05) is 38.4 Å². The Labute approximate surface area is 224 Å². The molecule has 0 spiro atoms. The van der Waals surface area contributed by atoms with Gasteiger partial charge in [-0.05, 0) is 60.4 Å². The van der Waals surface area contributed by atoms with Crippen molar-refractivity contribution >= 4 is 21.8 Å². The fraction of sp³-hybridized carbons (Fsp3) is 0.321. The maximum atomic E-state index is 13.4. The average molecular weight is 539 g/mol. The van der Waals surface area contributed by atoms with Crippen molar-refractivity contribution in [2.75, 3.05) is 13.7 Å². The molecule has 2 N–H and O–H groups in total. The van der Waals surface area contributed by atoms with E-state index in [0.29, 0.717) is 25.3 Å². The standard InChI is InChI=1S/C28H34N4O5S/c1-4-31-38(35,36)26-14-9-22(10-15-26)11-16-27(33)32(20-23-7-12-25(37-3)13-8-23)21(2)28(34)30-19-24-6-5-17-29-18-24/h5-10,12-15,17-18,21,31H,4,11,16,19-20H2,1-3H3,(H,30,34)/t21-/m1/s1. The van der Waals surface area contributed by atoms with Crippen molar-refractivity contribution < 1.29 is 22.7 Å². The van der Waals surface area contributed by atoms with Gasteiger partial charge in [0.25, 0.3) is 0 Å². The normalized spacial score (nSPS) is 12.0. The van der Waals surface area contributed by atoms with Crippen LogP contribution in [0.5, 0.6) is 5.75 Å². The average Bonchev–Trinajstić information content (AvgIpc) is 2.94. The number of pyridine rings is 1. The second-order valence-electron chi connectivity index (χ2n) is 8.77. The first-order valence-electron chi connectivity index (χ1n) is 12.4. The zero-order valence-corrected chi connectivity index (χ0v) is 22.7. The van der Waals surface area contributed by atoms with Crippen molar-refractivity contribution in [3.8, 4) is 5.75 Å². The lowest BCUT2D eigenvalue weighted by Gasteiger charge is -2.29. The summed E-state index contributed by atoms with van der Waals surface area (Å²) in [6.45, 7) is 4.29. The van der Waals surface area contributed by atoms with Gasteiger partial charge in [-0.1, -0.05) is 37.3 Å². The smallest absolute Gasteiger partial charge is 0.242 e. The van der Waals surface area contributed by atoms with Gasteiger partial charge in [0.1, 0.15) is 11.8 Å². The molecule has 0 saturated heterocycles. The number of aryl methyl sites for hydroxylation is 1. The zero-order valence-electron chi connectivity index (χ0n) is 21.9. The lowest BCUT2D eigenvalue weighted by molar-refractivity contribution is -0.140. The first-order valence-corrected chi connectivity index (χ1v) is 13.9. The summed E-state index contributed by atoms with van der Waals surface area (Å²) < 4.78 is 32.0. The van der Waals surface area contributed by atoms with Crippen molar-refractivity contribution in [2.45, 2.75) is 50.7 Å². The number of rotatable bonds is 13. The molecular formula is C28H34N4O5S. The van der Waals surface area contributed by atoms with Gasteiger partial charge in [-0.2, -0.15) is 0 Å². The fourth-order valence-electron chi connectivity index (χ4n) is 3.85. The van der Waals surface area contributed by atoms with Crippen LogP contribution in [0.2, 0.25) is 0 Å². The van der Waals surface area contributed by atoms with Gasteiger partial charge in [0.2, 0.25) is 21.8 Å². The third kappa shape index (κ3) is 8.12. The van der Waals surface area contributed by atoms with Crippen LogP contribution in [0.1, 0.15) is 37.0 Å². The highest BCUT2D eigenvalue weighted by molar-refractivity contribution is 7.89. The van der Waals surface area contributed by atoms with Gasteiger partial charge in [-0.15, -0.1) is 0 Å². The molecule has 1 heterocycles. The Balaban J connectivity index is 1.70. The number of methoxy groups -OCH3 is 1. The van der Waals surface area contributed by atoms with E-state index in [2.05, 4.69) is 15.0 Å². The highest BCUT2D eigenvalue weighted by Gasteiger charge is 2.26. The van der Waals surface area contributed by atoms with Crippen LogP contribution >= 0.6 is 0 Å². The van der Waals surface area contributed by atoms with E-state index in [4.69, 9.17) is 4.74 Å². The topological polar surface area (TPSA) is 118 Å². The molecular weight excluding hydrogens is 504 g/mol. The van der Waals surface area contributed by atoms with E-state index in [0.717, 1.165) is 16.7 Å². The van der Waals surface area contributed by atoms with Crippen LogP contribution in [0.3, 0.4) is 0 Å². The highest BCUT2D eigenvalue weighted by Crippen LogP contribution is 2.17. The molecule has 0 aliphatic rings. The zero-order chi connectivity index (χ0) is 27.5. The number of benzene rings is 2. The molecule has 3 aromatic rings. The van der Waals surface area contributed by atoms with Crippen LogP contribution in [0.4, 0.5) is 0 Å². The molecule has 0 fully saturated rings. The highest BCUT2D eigenvalue weighted by atomic mass is 32.2. The number of nitrogens with one attached hydrogen (secondary N) is 2. The fourth-order valence-corrected chi connectivity index (χ4v) is 4.89. The number of carbonyl (C=O) groups excluding carboxylic acids is 2. The number of hydrogen-bond acceptors (Lipinski definition) is 6. The van der Waals surface area contributed by atoms with E-state index in [1.54, 1.807) is 56.4 Å². The van der Waals surface area contributed by atoms with Crippen molar-refractivity contribution in [2.24, 2.45) is 0 Å². The maximum absolute atomic E-state index is 13.4. The number of aromatic nitrogens is 1. The van der Waals surface area contributed by atoms with Gasteiger partial charge in [0.05, 0.1) is 12.0 Å². The second kappa shape index (κ2) is 13.7. The Morgan fingerprint density at radius 1 is 1.00 bits per heavy atom. The molecule has 0 radical (unpaired) electrons. The summed E-state index contributed by atoms with van der Waals surface area (Å²) in [7, 11) is -1.96. The van der Waals surface area contributed by atoms with Crippen LogP contribution in [0, 0.1) is 0 Å². The van der Waals surface area contributed by atoms with Crippen molar-refractivity contribution in [1.82, 2.24) is 19.9 Å². The van der Waals surface area contributed by atoms with E-state index in [1.807, 2.05) is 30.3 Å². The van der Waals surface area contributed by atoms with E-state index in [-0.39, 0.29) is 29.7 Å². The summed E-state index contributed by atoms with van der Waals surface area (Å²) in [6, 6.07) is 16.8. The summed E-state index contributed by atoms with van der Waals surface area (Å²) in [6.07, 6.45) is 3.91. The lowest BCUT2D eigenvalue weighted by Crippen LogP contribution is -2.47. The summed E-state index contributed by atoms with van der Waals surface area (Å²) in [5.74, 6) is 0.247. The van der Waals surface area contributed by atoms with Gasteiger partial charge < -0.3 is 15.0 Å². The minimum atomic E-state index is -3.54. The second-order valence-corrected chi connectivity index (χ2v) is 10.5. The molecule has 2 aromatic carbocycles. The molecule has 1 atom stereocenters. The molecule has 0 aliphatic heterocycles. The molecule has 38 heavy (non-hydrogen) atoms. The minimum Gasteiger partial charge on any atom is -0.497 e. The van der Waals surface area contributed by atoms with Crippen LogP contribution in [-0.2, 0) is 39.1 Å². The van der Waals surface area contributed by atoms with Crippen molar-refractivity contribution in [3.63, 3.8) is 0 Å². The van der Waals surface area contributed by atoms with Crippen LogP contribution in [0.25, 0.3) is 0 Å². The molecule has 9 nitrogen and oxygen atoms in total. The Morgan fingerprint density at radius 3 is 2.29 bits per heavy atom. The van der Waals surface area contributed by atoms with Gasteiger partial charge in [-0.25, -0.2) is 13.1 Å². The number of nitrogens with zero attached hydrogens (tertiary/aromatic N) is 2. The Hall–Kier alpha value is -3.76. The molecule has 1 aromatic heterocycles. The van der Waals surface area contributed by atoms with Crippen molar-refractivity contribution in [1.29, 1.82) is 0 Å². The third-order valence-electron chi connectivity index (χ3n) is 6.06. The maximum Gasteiger partial charge on any atom is 0.242 e. The summed E-state index contributed by atoms with van der Waals surface area (Å²) >= 11 is 0. The monoisotopic (exact) mass is 538 g/mol. The van der Waals surface area contributed by atoms with E-state index < -0.39 is 16.1 Å². The first kappa shape index (κ1) is 28.8. The molecule has 0 aliphatic carbocycles.